The molecule has 30 heavy (non-hydrogen) atoms. The lowest BCUT2D eigenvalue weighted by molar-refractivity contribution is -0.154. The normalized spacial score (nSPS) is 21.5. The Hall–Kier alpha value is -2.48. The number of hydrogen-bond donors (Lipinski definition) is 0. The van der Waals surface area contributed by atoms with E-state index in [2.05, 4.69) is 0 Å². The molecule has 168 valence electrons. The number of esters is 1. The third kappa shape index (κ3) is 5.36. The van der Waals surface area contributed by atoms with Gasteiger partial charge in [-0.2, -0.15) is 0 Å². The van der Waals surface area contributed by atoms with E-state index in [1.54, 1.807) is 46.1 Å². The SMILES string of the molecule is COC(=O)[C@@H]1OC(c2ccc(OC)cc2OC)N(C(=O)OC(C)(C)C)C1CC(C)C. The molecule has 1 aromatic carbocycles. The van der Waals surface area contributed by atoms with Crippen molar-refractivity contribution >= 4 is 12.1 Å². The minimum absolute atomic E-state index is 0.201. The summed E-state index contributed by atoms with van der Waals surface area (Å²) in [6.07, 6.45) is -1.86. The Labute approximate surface area is 178 Å². The van der Waals surface area contributed by atoms with E-state index in [4.69, 9.17) is 23.7 Å². The van der Waals surface area contributed by atoms with Crippen molar-refractivity contribution in [2.45, 2.75) is 65.0 Å². The first-order valence-electron chi connectivity index (χ1n) is 9.98. The maximum Gasteiger partial charge on any atom is 0.413 e. The smallest absolute Gasteiger partial charge is 0.413 e. The van der Waals surface area contributed by atoms with Gasteiger partial charge in [0.1, 0.15) is 17.1 Å². The van der Waals surface area contributed by atoms with Crippen molar-refractivity contribution < 1.29 is 33.3 Å². The molecule has 1 heterocycles. The Kier molecular flexibility index (Phi) is 7.58. The van der Waals surface area contributed by atoms with Crippen LogP contribution in [0.15, 0.2) is 18.2 Å². The molecule has 1 aliphatic heterocycles. The molecule has 0 spiro atoms. The predicted octanol–water partition coefficient (Wildman–Crippen LogP) is 3.93. The van der Waals surface area contributed by atoms with Crippen LogP contribution in [0.1, 0.15) is 52.8 Å². The van der Waals surface area contributed by atoms with E-state index in [-0.39, 0.29) is 5.92 Å². The molecule has 0 radical (unpaired) electrons. The zero-order valence-corrected chi connectivity index (χ0v) is 19.1. The van der Waals surface area contributed by atoms with Crippen molar-refractivity contribution in [3.63, 3.8) is 0 Å². The molecular weight excluding hydrogens is 390 g/mol. The molecule has 2 unspecified atom stereocenters. The highest BCUT2D eigenvalue weighted by Gasteiger charge is 2.51. The largest absolute Gasteiger partial charge is 0.497 e. The summed E-state index contributed by atoms with van der Waals surface area (Å²) in [5, 5.41) is 0. The average Bonchev–Trinajstić information content (AvgIpc) is 3.03. The van der Waals surface area contributed by atoms with Gasteiger partial charge < -0.3 is 23.7 Å². The van der Waals surface area contributed by atoms with Crippen LogP contribution in [0.5, 0.6) is 11.5 Å². The summed E-state index contributed by atoms with van der Waals surface area (Å²) in [6, 6.07) is 4.65. The van der Waals surface area contributed by atoms with Gasteiger partial charge in [0.15, 0.2) is 12.3 Å². The number of amides is 1. The minimum Gasteiger partial charge on any atom is -0.497 e. The number of methoxy groups -OCH3 is 3. The molecule has 1 aromatic rings. The van der Waals surface area contributed by atoms with Gasteiger partial charge in [-0.1, -0.05) is 13.8 Å². The third-order valence-corrected chi connectivity index (χ3v) is 4.69. The fraction of sp³-hybridized carbons (Fsp3) is 0.636. The fourth-order valence-electron chi connectivity index (χ4n) is 3.46. The molecule has 0 saturated carbocycles. The highest BCUT2D eigenvalue weighted by Crippen LogP contribution is 2.42. The molecule has 0 bridgehead atoms. The molecule has 1 fully saturated rings. The van der Waals surface area contributed by atoms with Gasteiger partial charge in [-0.25, -0.2) is 9.59 Å². The van der Waals surface area contributed by atoms with E-state index < -0.39 is 36.0 Å². The summed E-state index contributed by atoms with van der Waals surface area (Å²) in [5.41, 5.74) is -0.124. The Balaban J connectivity index is 2.57. The number of nitrogens with zero attached hydrogens (tertiary/aromatic N) is 1. The topological polar surface area (TPSA) is 83.5 Å². The predicted molar refractivity (Wildman–Crippen MR) is 110 cm³/mol. The summed E-state index contributed by atoms with van der Waals surface area (Å²) < 4.78 is 27.5. The number of carbonyl (C=O) groups is 2. The number of hydrogen-bond acceptors (Lipinski definition) is 7. The molecule has 0 aromatic heterocycles. The van der Waals surface area contributed by atoms with Crippen LogP contribution in [0.25, 0.3) is 0 Å². The van der Waals surface area contributed by atoms with Crippen LogP contribution in [0.4, 0.5) is 4.79 Å². The van der Waals surface area contributed by atoms with Gasteiger partial charge in [-0.05, 0) is 45.2 Å². The molecule has 8 heteroatoms. The fourth-order valence-corrected chi connectivity index (χ4v) is 3.46. The zero-order valence-electron chi connectivity index (χ0n) is 19.1. The monoisotopic (exact) mass is 423 g/mol. The number of rotatable bonds is 6. The van der Waals surface area contributed by atoms with E-state index >= 15 is 0 Å². The summed E-state index contributed by atoms with van der Waals surface area (Å²) >= 11 is 0. The number of ether oxygens (including phenoxy) is 5. The van der Waals surface area contributed by atoms with Gasteiger partial charge in [0.05, 0.1) is 27.4 Å². The Morgan fingerprint density at radius 1 is 1.13 bits per heavy atom. The second kappa shape index (κ2) is 9.55. The molecule has 8 nitrogen and oxygen atoms in total. The zero-order chi connectivity index (χ0) is 22.6. The Morgan fingerprint density at radius 2 is 1.80 bits per heavy atom. The summed E-state index contributed by atoms with van der Waals surface area (Å²) in [7, 11) is 4.38. The van der Waals surface area contributed by atoms with E-state index in [0.29, 0.717) is 23.5 Å². The molecule has 0 aliphatic carbocycles. The van der Waals surface area contributed by atoms with Crippen LogP contribution < -0.4 is 9.47 Å². The lowest BCUT2D eigenvalue weighted by atomic mass is 9.98. The quantitative estimate of drug-likeness (QED) is 0.641. The van der Waals surface area contributed by atoms with Crippen molar-refractivity contribution in [3.05, 3.63) is 23.8 Å². The van der Waals surface area contributed by atoms with Crippen LogP contribution in [0.3, 0.4) is 0 Å². The van der Waals surface area contributed by atoms with Crippen LogP contribution in [0.2, 0.25) is 0 Å². The maximum atomic E-state index is 13.2. The van der Waals surface area contributed by atoms with Gasteiger partial charge >= 0.3 is 12.1 Å². The molecule has 1 amide bonds. The summed E-state index contributed by atoms with van der Waals surface area (Å²) in [6.45, 7) is 9.41. The van der Waals surface area contributed by atoms with Crippen molar-refractivity contribution in [2.75, 3.05) is 21.3 Å². The lowest BCUT2D eigenvalue weighted by Crippen LogP contribution is -2.46. The Bertz CT molecular complexity index is 756. The van der Waals surface area contributed by atoms with E-state index in [1.807, 2.05) is 13.8 Å². The number of benzene rings is 1. The molecule has 1 aliphatic rings. The molecule has 1 saturated heterocycles. The highest BCUT2D eigenvalue weighted by molar-refractivity contribution is 5.78. The first-order chi connectivity index (χ1) is 14.0. The van der Waals surface area contributed by atoms with E-state index in [0.717, 1.165) is 0 Å². The first kappa shape index (κ1) is 23.8. The second-order valence-corrected chi connectivity index (χ2v) is 8.62. The summed E-state index contributed by atoms with van der Waals surface area (Å²) in [4.78, 5) is 27.2. The second-order valence-electron chi connectivity index (χ2n) is 8.62. The van der Waals surface area contributed by atoms with Crippen molar-refractivity contribution in [3.8, 4) is 11.5 Å². The van der Waals surface area contributed by atoms with Crippen molar-refractivity contribution in [1.82, 2.24) is 4.90 Å². The van der Waals surface area contributed by atoms with Crippen LogP contribution in [-0.4, -0.2) is 56.0 Å². The van der Waals surface area contributed by atoms with E-state index in [1.165, 1.54) is 19.1 Å². The van der Waals surface area contributed by atoms with Crippen LogP contribution >= 0.6 is 0 Å². The molecule has 3 atom stereocenters. The van der Waals surface area contributed by atoms with Gasteiger partial charge in [0.2, 0.25) is 0 Å². The van der Waals surface area contributed by atoms with Gasteiger partial charge in [-0.3, -0.25) is 4.90 Å². The van der Waals surface area contributed by atoms with Crippen LogP contribution in [0, 0.1) is 5.92 Å². The van der Waals surface area contributed by atoms with Crippen molar-refractivity contribution in [2.24, 2.45) is 5.92 Å². The van der Waals surface area contributed by atoms with Gasteiger partial charge in [0, 0.05) is 11.6 Å². The minimum atomic E-state index is -0.943. The lowest BCUT2D eigenvalue weighted by Gasteiger charge is -2.32. The average molecular weight is 424 g/mol. The highest BCUT2D eigenvalue weighted by atomic mass is 16.6. The van der Waals surface area contributed by atoms with Gasteiger partial charge in [-0.15, -0.1) is 0 Å². The van der Waals surface area contributed by atoms with Gasteiger partial charge in [0.25, 0.3) is 0 Å². The maximum absolute atomic E-state index is 13.2. The summed E-state index contributed by atoms with van der Waals surface area (Å²) in [5.74, 6) is 0.735. The molecule has 2 rings (SSSR count). The molecular formula is C22H33NO7. The standard InChI is InChI=1S/C22H33NO7/c1-13(2)11-16-18(20(24)28-8)29-19(23(16)21(25)30-22(3,4)5)15-10-9-14(26-6)12-17(15)27-7/h9-10,12-13,16,18-19H,11H2,1-8H3/t16?,18-,19?/m1/s1. The number of carbonyl (C=O) groups excluding carboxylic acids is 2. The van der Waals surface area contributed by atoms with E-state index in [9.17, 15) is 9.59 Å². The van der Waals surface area contributed by atoms with Crippen molar-refractivity contribution in [1.29, 1.82) is 0 Å². The third-order valence-electron chi connectivity index (χ3n) is 4.69. The van der Waals surface area contributed by atoms with Crippen LogP contribution in [-0.2, 0) is 19.0 Å². The Morgan fingerprint density at radius 3 is 2.30 bits per heavy atom. The first-order valence-corrected chi connectivity index (χ1v) is 9.98. The molecule has 0 N–H and O–H groups in total.